The van der Waals surface area contributed by atoms with Gasteiger partial charge in [-0.2, -0.15) is 0 Å². The number of aliphatic carboxylic acids is 1. The molecule has 3 fully saturated rings. The van der Waals surface area contributed by atoms with Crippen LogP contribution in [-0.4, -0.2) is 51.5 Å². The maximum Gasteiger partial charge on any atom is 0.349 e. The quantitative estimate of drug-likeness (QED) is 0.643. The number of carboxylic acids is 1. The lowest BCUT2D eigenvalue weighted by Crippen LogP contribution is -2.70. The molecule has 0 spiro atoms. The van der Waals surface area contributed by atoms with Crippen molar-refractivity contribution >= 4 is 17.7 Å². The highest BCUT2D eigenvalue weighted by Crippen LogP contribution is 2.71. The fourth-order valence-corrected chi connectivity index (χ4v) is 7.47. The monoisotopic (exact) mass is 438 g/mol. The summed E-state index contributed by atoms with van der Waals surface area (Å²) >= 11 is 0. The average Bonchev–Trinajstić information content (AvgIpc) is 2.87. The van der Waals surface area contributed by atoms with E-state index in [0.717, 1.165) is 13.0 Å². The number of carboxylic acid groups (broad SMARTS) is 1. The molecule has 0 unspecified atom stereocenters. The first-order valence-electron chi connectivity index (χ1n) is 10.6. The zero-order valence-corrected chi connectivity index (χ0v) is 18.0. The van der Waals surface area contributed by atoms with E-state index < -0.39 is 69.9 Å². The summed E-state index contributed by atoms with van der Waals surface area (Å²) in [5.41, 5.74) is -7.07. The summed E-state index contributed by atoms with van der Waals surface area (Å²) in [7, 11) is 0. The molecule has 0 aliphatic heterocycles. The zero-order chi connectivity index (χ0) is 23.1. The van der Waals surface area contributed by atoms with Crippen LogP contribution in [0.5, 0.6) is 0 Å². The SMILES string of the molecule is CC(=O)O[C@@]1(C(=O)O)[C@H](C)C[C@@H]2[C@H]3C[C@H](F)C4=CC(=O)C=C[C@]4(C)[C@]3(F)[C@@H](O)C[C@@]21C. The number of aliphatic hydroxyl groups excluding tert-OH is 1. The van der Waals surface area contributed by atoms with Crippen LogP contribution in [0.4, 0.5) is 8.78 Å². The van der Waals surface area contributed by atoms with E-state index in [4.69, 9.17) is 4.74 Å². The number of hydrogen-bond acceptors (Lipinski definition) is 5. The van der Waals surface area contributed by atoms with Gasteiger partial charge in [-0.1, -0.05) is 19.9 Å². The number of esters is 1. The molecule has 31 heavy (non-hydrogen) atoms. The van der Waals surface area contributed by atoms with Gasteiger partial charge in [0.15, 0.2) is 11.5 Å². The van der Waals surface area contributed by atoms with Gasteiger partial charge in [-0.25, -0.2) is 13.6 Å². The molecular weight excluding hydrogens is 410 g/mol. The van der Waals surface area contributed by atoms with Crippen molar-refractivity contribution in [2.45, 2.75) is 70.5 Å². The van der Waals surface area contributed by atoms with Gasteiger partial charge in [0.2, 0.25) is 5.60 Å². The van der Waals surface area contributed by atoms with Gasteiger partial charge in [-0.15, -0.1) is 0 Å². The average molecular weight is 438 g/mol. The number of ether oxygens (including phenoxy) is 1. The smallest absolute Gasteiger partial charge is 0.349 e. The molecule has 4 rings (SSSR count). The van der Waals surface area contributed by atoms with E-state index >= 15 is 8.78 Å². The van der Waals surface area contributed by atoms with Gasteiger partial charge in [0.1, 0.15) is 6.17 Å². The first kappa shape index (κ1) is 22.1. The van der Waals surface area contributed by atoms with Crippen molar-refractivity contribution < 1.29 is 38.1 Å². The molecule has 6 nitrogen and oxygen atoms in total. The molecule has 3 saturated carbocycles. The fourth-order valence-electron chi connectivity index (χ4n) is 7.47. The Morgan fingerprint density at radius 2 is 1.87 bits per heavy atom. The number of fused-ring (bicyclic) bond motifs is 5. The Bertz CT molecular complexity index is 929. The zero-order valence-electron chi connectivity index (χ0n) is 18.0. The number of hydrogen-bond donors (Lipinski definition) is 2. The van der Waals surface area contributed by atoms with Crippen LogP contribution in [-0.2, 0) is 19.1 Å². The van der Waals surface area contributed by atoms with Crippen LogP contribution in [0.15, 0.2) is 23.8 Å². The summed E-state index contributed by atoms with van der Waals surface area (Å²) in [5.74, 6) is -4.88. The summed E-state index contributed by atoms with van der Waals surface area (Å²) in [4.78, 5) is 36.2. The molecule has 0 aromatic carbocycles. The van der Waals surface area contributed by atoms with Crippen LogP contribution in [0.3, 0.4) is 0 Å². The lowest BCUT2D eigenvalue weighted by molar-refractivity contribution is -0.236. The summed E-state index contributed by atoms with van der Waals surface area (Å²) in [5, 5.41) is 21.4. The van der Waals surface area contributed by atoms with Crippen molar-refractivity contribution in [3.05, 3.63) is 23.8 Å². The van der Waals surface area contributed by atoms with Crippen molar-refractivity contribution in [1.82, 2.24) is 0 Å². The van der Waals surface area contributed by atoms with Crippen molar-refractivity contribution in [3.8, 4) is 0 Å². The Kier molecular flexibility index (Phi) is 4.61. The minimum Gasteiger partial charge on any atom is -0.478 e. The highest BCUT2D eigenvalue weighted by molar-refractivity contribution is 6.01. The van der Waals surface area contributed by atoms with Crippen molar-refractivity contribution in [2.75, 3.05) is 0 Å². The van der Waals surface area contributed by atoms with E-state index in [2.05, 4.69) is 0 Å². The third-order valence-corrected chi connectivity index (χ3v) is 8.79. The molecule has 8 heteroatoms. The number of alkyl halides is 2. The van der Waals surface area contributed by atoms with Gasteiger partial charge in [0.25, 0.3) is 0 Å². The normalized spacial score (nSPS) is 50.7. The molecular formula is C23H28F2O6. The van der Waals surface area contributed by atoms with E-state index in [-0.39, 0.29) is 24.8 Å². The molecule has 9 atom stereocenters. The number of allylic oxidation sites excluding steroid dienone is 4. The maximum absolute atomic E-state index is 17.0. The molecule has 170 valence electrons. The number of rotatable bonds is 2. The van der Waals surface area contributed by atoms with E-state index in [1.165, 1.54) is 19.1 Å². The molecule has 0 radical (unpaired) electrons. The van der Waals surface area contributed by atoms with Crippen molar-refractivity contribution in [2.24, 2.45) is 28.6 Å². The number of carbonyl (C=O) groups is 3. The first-order valence-corrected chi connectivity index (χ1v) is 10.6. The van der Waals surface area contributed by atoms with E-state index in [9.17, 15) is 24.6 Å². The second-order valence-corrected chi connectivity index (χ2v) is 10.1. The van der Waals surface area contributed by atoms with E-state index in [0.29, 0.717) is 0 Å². The minimum absolute atomic E-state index is 0.0110. The first-order chi connectivity index (χ1) is 14.3. The van der Waals surface area contributed by atoms with Gasteiger partial charge in [-0.05, 0) is 49.8 Å². The molecule has 0 bridgehead atoms. The lowest BCUT2D eigenvalue weighted by atomic mass is 9.44. The highest BCUT2D eigenvalue weighted by atomic mass is 19.1. The minimum atomic E-state index is -2.30. The second-order valence-electron chi connectivity index (χ2n) is 10.1. The topological polar surface area (TPSA) is 101 Å². The standard InChI is InChI=1S/C23H28F2O6/c1-11-7-14-15-9-17(24)16-8-13(27)5-6-20(16,3)22(15,25)18(28)10-21(14,4)23(11,19(29)30)31-12(2)26/h5-6,8,11,14-15,17-18,28H,7,9-10H2,1-4H3,(H,29,30)/t11-,14-,15-,17+,18+,20+,21+,22-,23-/m1/s1. The molecule has 0 saturated heterocycles. The Morgan fingerprint density at radius 3 is 2.45 bits per heavy atom. The van der Waals surface area contributed by atoms with Gasteiger partial charge in [-0.3, -0.25) is 9.59 Å². The van der Waals surface area contributed by atoms with Crippen LogP contribution < -0.4 is 0 Å². The van der Waals surface area contributed by atoms with E-state index in [1.54, 1.807) is 13.8 Å². The van der Waals surface area contributed by atoms with Gasteiger partial charge in [0, 0.05) is 29.6 Å². The molecule has 0 heterocycles. The molecule has 4 aliphatic carbocycles. The number of ketones is 1. The van der Waals surface area contributed by atoms with Gasteiger partial charge >= 0.3 is 11.9 Å². The summed E-state index contributed by atoms with van der Waals surface area (Å²) < 4.78 is 37.8. The van der Waals surface area contributed by atoms with E-state index in [1.807, 2.05) is 0 Å². The molecule has 0 aromatic rings. The third kappa shape index (κ3) is 2.42. The Hall–Kier alpha value is -2.09. The predicted octanol–water partition coefficient (Wildman–Crippen LogP) is 2.94. The highest BCUT2D eigenvalue weighted by Gasteiger charge is 2.78. The van der Waals surface area contributed by atoms with Gasteiger partial charge < -0.3 is 14.9 Å². The predicted molar refractivity (Wildman–Crippen MR) is 105 cm³/mol. The van der Waals surface area contributed by atoms with Crippen LogP contribution in [0.1, 0.15) is 47.0 Å². The third-order valence-electron chi connectivity index (χ3n) is 8.79. The van der Waals surface area contributed by atoms with Crippen LogP contribution >= 0.6 is 0 Å². The van der Waals surface area contributed by atoms with Crippen LogP contribution in [0.25, 0.3) is 0 Å². The summed E-state index contributed by atoms with van der Waals surface area (Å²) in [6.45, 7) is 5.84. The number of aliphatic hydroxyl groups is 1. The van der Waals surface area contributed by atoms with Crippen molar-refractivity contribution in [3.63, 3.8) is 0 Å². The van der Waals surface area contributed by atoms with Crippen molar-refractivity contribution in [1.29, 1.82) is 0 Å². The van der Waals surface area contributed by atoms with Crippen LogP contribution in [0, 0.1) is 28.6 Å². The molecule has 4 aliphatic rings. The molecule has 2 N–H and O–H groups in total. The Morgan fingerprint density at radius 1 is 1.23 bits per heavy atom. The fraction of sp³-hybridized carbons (Fsp3) is 0.696. The number of halogens is 2. The lowest BCUT2D eigenvalue weighted by Gasteiger charge is -2.62. The Labute approximate surface area is 179 Å². The van der Waals surface area contributed by atoms with Crippen LogP contribution in [0.2, 0.25) is 0 Å². The summed E-state index contributed by atoms with van der Waals surface area (Å²) in [6.07, 6.45) is 0.0600. The largest absolute Gasteiger partial charge is 0.478 e. The van der Waals surface area contributed by atoms with Gasteiger partial charge in [0.05, 0.1) is 6.10 Å². The second kappa shape index (κ2) is 6.47. The summed E-state index contributed by atoms with van der Waals surface area (Å²) in [6, 6.07) is 0. The Balaban J connectivity index is 1.89. The number of carbonyl (C=O) groups excluding carboxylic acids is 2. The molecule has 0 aromatic heterocycles. The maximum atomic E-state index is 17.0. The molecule has 0 amide bonds.